The summed E-state index contributed by atoms with van der Waals surface area (Å²) < 4.78 is 5.39. The van der Waals surface area contributed by atoms with Gasteiger partial charge < -0.3 is 4.74 Å². The number of rotatable bonds is 2. The maximum Gasteiger partial charge on any atom is 0.358 e. The van der Waals surface area contributed by atoms with Crippen LogP contribution in [0.15, 0.2) is 4.34 Å². The predicted octanol–water partition coefficient (Wildman–Crippen LogP) is 1.92. The van der Waals surface area contributed by atoms with E-state index in [2.05, 4.69) is 17.6 Å². The monoisotopic (exact) mass is 203 g/mol. The zero-order valence-electron chi connectivity index (χ0n) is 6.83. The van der Waals surface area contributed by atoms with Crippen LogP contribution in [0.2, 0.25) is 0 Å². The lowest BCUT2D eigenvalue weighted by Crippen LogP contribution is -2.06. The van der Waals surface area contributed by atoms with E-state index in [0.717, 1.165) is 4.88 Å². The van der Waals surface area contributed by atoms with Crippen LogP contribution in [-0.4, -0.2) is 17.6 Å². The van der Waals surface area contributed by atoms with Crippen LogP contribution in [0.25, 0.3) is 0 Å². The highest BCUT2D eigenvalue weighted by Crippen LogP contribution is 2.20. The molecular formula is C7H9NO2S2. The topological polar surface area (TPSA) is 39.2 Å². The Morgan fingerprint density at radius 2 is 2.42 bits per heavy atom. The van der Waals surface area contributed by atoms with Crippen molar-refractivity contribution in [3.05, 3.63) is 10.6 Å². The minimum absolute atomic E-state index is 0.369. The number of ether oxygens (including phenoxy) is 1. The Morgan fingerprint density at radius 3 is 2.83 bits per heavy atom. The second-order valence-corrected chi connectivity index (χ2v) is 4.05. The number of hydrogen-bond donors (Lipinski definition) is 1. The molecule has 0 spiro atoms. The summed E-state index contributed by atoms with van der Waals surface area (Å²) in [6.07, 6.45) is 0. The molecule has 0 aliphatic rings. The van der Waals surface area contributed by atoms with E-state index in [1.165, 1.54) is 11.3 Å². The van der Waals surface area contributed by atoms with E-state index in [9.17, 15) is 4.79 Å². The average molecular weight is 203 g/mol. The van der Waals surface area contributed by atoms with Gasteiger partial charge in [0.25, 0.3) is 0 Å². The minimum atomic E-state index is -0.369. The Morgan fingerprint density at radius 1 is 1.75 bits per heavy atom. The van der Waals surface area contributed by atoms with Gasteiger partial charge >= 0.3 is 5.97 Å². The summed E-state index contributed by atoms with van der Waals surface area (Å²) in [5.41, 5.74) is 0.381. The number of nitrogens with zero attached hydrogens (tertiary/aromatic N) is 1. The third-order valence-corrected chi connectivity index (χ3v) is 2.40. The smallest absolute Gasteiger partial charge is 0.358 e. The van der Waals surface area contributed by atoms with Crippen molar-refractivity contribution in [2.24, 2.45) is 0 Å². The van der Waals surface area contributed by atoms with Crippen molar-refractivity contribution in [3.63, 3.8) is 0 Å². The molecule has 0 aromatic carbocycles. The molecule has 0 unspecified atom stereocenters. The van der Waals surface area contributed by atoms with Crippen molar-refractivity contribution < 1.29 is 9.53 Å². The second-order valence-electron chi connectivity index (χ2n) is 2.12. The standard InChI is InChI=1S/C7H9NO2S2/c1-3-10-6(9)5-4(2)12-7(11)8-5/h3H2,1-2H3,(H,8,11). The summed E-state index contributed by atoms with van der Waals surface area (Å²) in [5, 5.41) is 0. The Kier molecular flexibility index (Phi) is 3.11. The van der Waals surface area contributed by atoms with Gasteiger partial charge in [0.15, 0.2) is 5.69 Å². The van der Waals surface area contributed by atoms with Crippen LogP contribution in [0.5, 0.6) is 0 Å². The lowest BCUT2D eigenvalue weighted by atomic mass is 10.4. The number of aromatic nitrogens is 1. The fourth-order valence-electron chi connectivity index (χ4n) is 0.771. The van der Waals surface area contributed by atoms with Gasteiger partial charge in [-0.3, -0.25) is 0 Å². The summed E-state index contributed by atoms with van der Waals surface area (Å²) in [6, 6.07) is 0. The van der Waals surface area contributed by atoms with Crippen LogP contribution in [-0.2, 0) is 4.74 Å². The number of carbonyl (C=O) groups excluding carboxylic acids is 1. The molecule has 0 atom stereocenters. The van der Waals surface area contributed by atoms with Crippen LogP contribution in [0, 0.1) is 6.92 Å². The van der Waals surface area contributed by atoms with E-state index in [4.69, 9.17) is 4.74 Å². The first kappa shape index (κ1) is 9.54. The lowest BCUT2D eigenvalue weighted by Gasteiger charge is -1.97. The molecule has 0 saturated carbocycles. The number of thiazole rings is 1. The summed E-state index contributed by atoms with van der Waals surface area (Å²) in [4.78, 5) is 15.9. The Bertz CT molecular complexity index is 296. The number of esters is 1. The van der Waals surface area contributed by atoms with E-state index in [1.54, 1.807) is 6.92 Å². The van der Waals surface area contributed by atoms with Gasteiger partial charge in [0, 0.05) is 4.88 Å². The molecule has 0 N–H and O–H groups in total. The number of hydrogen-bond acceptors (Lipinski definition) is 5. The van der Waals surface area contributed by atoms with E-state index in [-0.39, 0.29) is 5.97 Å². The third kappa shape index (κ3) is 1.98. The molecule has 5 heteroatoms. The molecule has 0 saturated heterocycles. The largest absolute Gasteiger partial charge is 0.461 e. The zero-order valence-corrected chi connectivity index (χ0v) is 8.54. The van der Waals surface area contributed by atoms with Gasteiger partial charge in [0.1, 0.15) is 4.34 Å². The Balaban J connectivity index is 2.87. The van der Waals surface area contributed by atoms with Crippen molar-refractivity contribution >= 4 is 29.9 Å². The maximum atomic E-state index is 11.2. The van der Waals surface area contributed by atoms with Crippen molar-refractivity contribution in [1.29, 1.82) is 0 Å². The van der Waals surface area contributed by atoms with Gasteiger partial charge in [-0.25, -0.2) is 9.78 Å². The van der Waals surface area contributed by atoms with Gasteiger partial charge in [-0.2, -0.15) is 0 Å². The van der Waals surface area contributed by atoms with Crippen LogP contribution in [0.4, 0.5) is 0 Å². The molecule has 1 aromatic rings. The minimum Gasteiger partial charge on any atom is -0.461 e. The van der Waals surface area contributed by atoms with E-state index >= 15 is 0 Å². The highest BCUT2D eigenvalue weighted by atomic mass is 32.2. The summed E-state index contributed by atoms with van der Waals surface area (Å²) in [6.45, 7) is 3.96. The van der Waals surface area contributed by atoms with Gasteiger partial charge in [0.2, 0.25) is 0 Å². The molecular weight excluding hydrogens is 194 g/mol. The van der Waals surface area contributed by atoms with E-state index < -0.39 is 0 Å². The molecule has 1 aromatic heterocycles. The fraction of sp³-hybridized carbons (Fsp3) is 0.429. The van der Waals surface area contributed by atoms with Crippen molar-refractivity contribution in [1.82, 2.24) is 4.98 Å². The first-order valence-corrected chi connectivity index (χ1v) is 4.75. The molecule has 66 valence electrons. The molecule has 12 heavy (non-hydrogen) atoms. The first-order chi connectivity index (χ1) is 5.65. The molecule has 1 heterocycles. The number of thiol groups is 1. The number of aryl methyl sites for hydroxylation is 1. The second kappa shape index (κ2) is 3.91. The molecule has 1 rings (SSSR count). The normalized spacial score (nSPS) is 9.92. The third-order valence-electron chi connectivity index (χ3n) is 1.25. The molecule has 0 aliphatic carbocycles. The van der Waals surface area contributed by atoms with Crippen LogP contribution >= 0.6 is 24.0 Å². The van der Waals surface area contributed by atoms with Crippen LogP contribution in [0.1, 0.15) is 22.3 Å². The van der Waals surface area contributed by atoms with Gasteiger partial charge in [-0.05, 0) is 13.8 Å². The first-order valence-electron chi connectivity index (χ1n) is 3.48. The SMILES string of the molecule is CCOC(=O)c1nc(S)sc1C. The predicted molar refractivity (Wildman–Crippen MR) is 50.1 cm³/mol. The molecule has 0 bridgehead atoms. The van der Waals surface area contributed by atoms with Crippen molar-refractivity contribution in [2.45, 2.75) is 18.2 Å². The van der Waals surface area contributed by atoms with Crippen LogP contribution in [0.3, 0.4) is 0 Å². The highest BCUT2D eigenvalue weighted by Gasteiger charge is 2.14. The van der Waals surface area contributed by atoms with E-state index in [1.807, 2.05) is 6.92 Å². The summed E-state index contributed by atoms with van der Waals surface area (Å²) >= 11 is 5.41. The Hall–Kier alpha value is -0.550. The van der Waals surface area contributed by atoms with E-state index in [0.29, 0.717) is 16.6 Å². The van der Waals surface area contributed by atoms with Crippen molar-refractivity contribution in [3.8, 4) is 0 Å². The number of carbonyl (C=O) groups is 1. The fourth-order valence-corrected chi connectivity index (χ4v) is 1.92. The molecule has 0 fully saturated rings. The highest BCUT2D eigenvalue weighted by molar-refractivity contribution is 7.82. The summed E-state index contributed by atoms with van der Waals surface area (Å²) in [5.74, 6) is -0.369. The Labute approximate surface area is 80.2 Å². The lowest BCUT2D eigenvalue weighted by molar-refractivity contribution is 0.0519. The zero-order chi connectivity index (χ0) is 9.14. The molecule has 3 nitrogen and oxygen atoms in total. The average Bonchev–Trinajstić information content (AvgIpc) is 2.30. The van der Waals surface area contributed by atoms with Gasteiger partial charge in [0.05, 0.1) is 6.61 Å². The molecule has 0 amide bonds. The quantitative estimate of drug-likeness (QED) is 0.589. The van der Waals surface area contributed by atoms with Crippen LogP contribution < -0.4 is 0 Å². The maximum absolute atomic E-state index is 11.2. The van der Waals surface area contributed by atoms with Gasteiger partial charge in [-0.1, -0.05) is 0 Å². The van der Waals surface area contributed by atoms with Gasteiger partial charge in [-0.15, -0.1) is 24.0 Å². The summed E-state index contributed by atoms with van der Waals surface area (Å²) in [7, 11) is 0. The molecule has 0 aliphatic heterocycles. The van der Waals surface area contributed by atoms with Crippen molar-refractivity contribution in [2.75, 3.05) is 6.61 Å². The molecule has 0 radical (unpaired) electrons.